The molecule has 0 radical (unpaired) electrons. The van der Waals surface area contributed by atoms with Crippen LogP contribution in [0.2, 0.25) is 0 Å². The molecule has 0 bridgehead atoms. The summed E-state index contributed by atoms with van der Waals surface area (Å²) in [5.74, 6) is 0.197. The zero-order valence-corrected chi connectivity index (χ0v) is 11.9. The van der Waals surface area contributed by atoms with Crippen LogP contribution in [-0.2, 0) is 9.53 Å². The number of carbonyl (C=O) groups excluding carboxylic acids is 1. The summed E-state index contributed by atoms with van der Waals surface area (Å²) in [6, 6.07) is 0. The number of nitrogens with two attached hydrogens (primary N) is 1. The van der Waals surface area contributed by atoms with Gasteiger partial charge in [0.05, 0.1) is 11.7 Å². The van der Waals surface area contributed by atoms with Gasteiger partial charge in [-0.3, -0.25) is 4.79 Å². The molecule has 104 valence electrons. The number of ether oxygens (including phenoxy) is 1. The number of amides is 1. The predicted molar refractivity (Wildman–Crippen MR) is 71.2 cm³/mol. The molecule has 1 saturated heterocycles. The summed E-state index contributed by atoms with van der Waals surface area (Å²) in [5.41, 5.74) is 5.80. The topological polar surface area (TPSA) is 55.6 Å². The Morgan fingerprint density at radius 3 is 2.56 bits per heavy atom. The second-order valence-corrected chi connectivity index (χ2v) is 6.71. The first-order chi connectivity index (χ1) is 8.30. The fraction of sp³-hybridized carbons (Fsp3) is 0.929. The average molecular weight is 254 g/mol. The molecule has 1 unspecified atom stereocenters. The second-order valence-electron chi connectivity index (χ2n) is 6.71. The Bertz CT molecular complexity index is 322. The van der Waals surface area contributed by atoms with Crippen molar-refractivity contribution in [2.24, 2.45) is 5.73 Å². The molecule has 1 aliphatic carbocycles. The molecule has 2 fully saturated rings. The summed E-state index contributed by atoms with van der Waals surface area (Å²) in [6.07, 6.45) is 4.90. The molecule has 1 saturated carbocycles. The molecular formula is C14H26N2O2. The molecule has 1 heterocycles. The first kappa shape index (κ1) is 13.8. The Kier molecular flexibility index (Phi) is 3.70. The molecule has 0 aromatic carbocycles. The fourth-order valence-electron chi connectivity index (χ4n) is 3.31. The van der Waals surface area contributed by atoms with Crippen molar-refractivity contribution in [3.8, 4) is 0 Å². The van der Waals surface area contributed by atoms with Crippen molar-refractivity contribution >= 4 is 5.91 Å². The van der Waals surface area contributed by atoms with E-state index in [0.29, 0.717) is 19.5 Å². The van der Waals surface area contributed by atoms with Crippen molar-refractivity contribution in [3.63, 3.8) is 0 Å². The first-order valence-electron chi connectivity index (χ1n) is 7.04. The van der Waals surface area contributed by atoms with Crippen LogP contribution < -0.4 is 5.73 Å². The number of hydrogen-bond donors (Lipinski definition) is 1. The van der Waals surface area contributed by atoms with Gasteiger partial charge < -0.3 is 15.4 Å². The lowest BCUT2D eigenvalue weighted by molar-refractivity contribution is -0.159. The van der Waals surface area contributed by atoms with E-state index in [1.54, 1.807) is 0 Å². The predicted octanol–water partition coefficient (Wildman–Crippen LogP) is 1.67. The lowest BCUT2D eigenvalue weighted by atomic mass is 9.93. The van der Waals surface area contributed by atoms with Gasteiger partial charge in [-0.25, -0.2) is 0 Å². The van der Waals surface area contributed by atoms with Crippen LogP contribution >= 0.6 is 0 Å². The van der Waals surface area contributed by atoms with Gasteiger partial charge in [0.15, 0.2) is 0 Å². The molecule has 18 heavy (non-hydrogen) atoms. The number of morpholine rings is 1. The zero-order chi connectivity index (χ0) is 13.4. The van der Waals surface area contributed by atoms with E-state index < -0.39 is 0 Å². The van der Waals surface area contributed by atoms with Gasteiger partial charge in [0, 0.05) is 25.0 Å². The molecule has 1 amide bonds. The number of hydrogen-bond acceptors (Lipinski definition) is 3. The Balaban J connectivity index is 1.96. The monoisotopic (exact) mass is 254 g/mol. The van der Waals surface area contributed by atoms with Crippen molar-refractivity contribution in [3.05, 3.63) is 0 Å². The standard InChI is InChI=1S/C14H26N2O2/c1-11-9-16(10-13(2,3)18-11)12(17)8-14(15)6-4-5-7-14/h11H,4-10,15H2,1-3H3. The molecule has 4 nitrogen and oxygen atoms in total. The Morgan fingerprint density at radius 2 is 2.00 bits per heavy atom. The lowest BCUT2D eigenvalue weighted by Crippen LogP contribution is -2.55. The molecule has 1 aliphatic heterocycles. The maximum Gasteiger partial charge on any atom is 0.224 e. The Hall–Kier alpha value is -0.610. The highest BCUT2D eigenvalue weighted by atomic mass is 16.5. The molecule has 0 spiro atoms. The summed E-state index contributed by atoms with van der Waals surface area (Å²) in [4.78, 5) is 14.3. The molecule has 2 N–H and O–H groups in total. The zero-order valence-electron chi connectivity index (χ0n) is 11.9. The molecule has 1 atom stereocenters. The minimum absolute atomic E-state index is 0.106. The van der Waals surface area contributed by atoms with Crippen LogP contribution in [0.1, 0.15) is 52.9 Å². The molecule has 2 aliphatic rings. The van der Waals surface area contributed by atoms with Gasteiger partial charge in [-0.05, 0) is 33.6 Å². The van der Waals surface area contributed by atoms with Crippen molar-refractivity contribution in [1.82, 2.24) is 4.90 Å². The molecule has 4 heteroatoms. The van der Waals surface area contributed by atoms with Crippen LogP contribution in [0, 0.1) is 0 Å². The van der Waals surface area contributed by atoms with Gasteiger partial charge in [-0.2, -0.15) is 0 Å². The van der Waals surface area contributed by atoms with Crippen molar-refractivity contribution < 1.29 is 9.53 Å². The largest absolute Gasteiger partial charge is 0.369 e. The van der Waals surface area contributed by atoms with Crippen LogP contribution in [0.3, 0.4) is 0 Å². The van der Waals surface area contributed by atoms with Gasteiger partial charge in [-0.15, -0.1) is 0 Å². The maximum atomic E-state index is 12.4. The van der Waals surface area contributed by atoms with Crippen LogP contribution in [-0.4, -0.2) is 41.1 Å². The van der Waals surface area contributed by atoms with E-state index in [9.17, 15) is 4.79 Å². The summed E-state index contributed by atoms with van der Waals surface area (Å²) >= 11 is 0. The van der Waals surface area contributed by atoms with Crippen molar-refractivity contribution in [2.75, 3.05) is 13.1 Å². The third kappa shape index (κ3) is 3.23. The van der Waals surface area contributed by atoms with Gasteiger partial charge >= 0.3 is 0 Å². The summed E-state index contributed by atoms with van der Waals surface area (Å²) in [6.45, 7) is 7.47. The molecule has 0 aromatic heterocycles. The van der Waals surface area contributed by atoms with E-state index in [1.165, 1.54) is 0 Å². The summed E-state index contributed by atoms with van der Waals surface area (Å²) in [7, 11) is 0. The van der Waals surface area contributed by atoms with Gasteiger partial charge in [-0.1, -0.05) is 12.8 Å². The van der Waals surface area contributed by atoms with Crippen molar-refractivity contribution in [2.45, 2.75) is 70.1 Å². The second kappa shape index (κ2) is 4.82. The fourth-order valence-corrected chi connectivity index (χ4v) is 3.31. The highest BCUT2D eigenvalue weighted by Crippen LogP contribution is 2.31. The highest BCUT2D eigenvalue weighted by Gasteiger charge is 2.37. The van der Waals surface area contributed by atoms with E-state index in [-0.39, 0.29) is 23.2 Å². The number of carbonyl (C=O) groups is 1. The van der Waals surface area contributed by atoms with Gasteiger partial charge in [0.1, 0.15) is 0 Å². The Morgan fingerprint density at radius 1 is 1.39 bits per heavy atom. The molecule has 2 rings (SSSR count). The van der Waals surface area contributed by atoms with Crippen molar-refractivity contribution in [1.29, 1.82) is 0 Å². The van der Waals surface area contributed by atoms with Gasteiger partial charge in [0.25, 0.3) is 0 Å². The van der Waals surface area contributed by atoms with Crippen LogP contribution in [0.4, 0.5) is 0 Å². The minimum Gasteiger partial charge on any atom is -0.369 e. The van der Waals surface area contributed by atoms with Crippen LogP contribution in [0.25, 0.3) is 0 Å². The first-order valence-corrected chi connectivity index (χ1v) is 7.04. The normalized spacial score (nSPS) is 30.4. The summed E-state index contributed by atoms with van der Waals surface area (Å²) in [5, 5.41) is 0. The third-order valence-electron chi connectivity index (χ3n) is 4.02. The third-order valence-corrected chi connectivity index (χ3v) is 4.02. The van der Waals surface area contributed by atoms with E-state index in [2.05, 4.69) is 0 Å². The molecular weight excluding hydrogens is 228 g/mol. The van der Waals surface area contributed by atoms with Crippen LogP contribution in [0.5, 0.6) is 0 Å². The van der Waals surface area contributed by atoms with Gasteiger partial charge in [0.2, 0.25) is 5.91 Å². The van der Waals surface area contributed by atoms with E-state index in [0.717, 1.165) is 25.7 Å². The highest BCUT2D eigenvalue weighted by molar-refractivity contribution is 5.77. The van der Waals surface area contributed by atoms with E-state index in [1.807, 2.05) is 25.7 Å². The summed E-state index contributed by atoms with van der Waals surface area (Å²) < 4.78 is 5.82. The maximum absolute atomic E-state index is 12.4. The SMILES string of the molecule is CC1CN(C(=O)CC2(N)CCCC2)CC(C)(C)O1. The number of nitrogens with zero attached hydrogens (tertiary/aromatic N) is 1. The average Bonchev–Trinajstić information content (AvgIpc) is 2.61. The quantitative estimate of drug-likeness (QED) is 0.815. The smallest absolute Gasteiger partial charge is 0.224 e. The Labute approximate surface area is 110 Å². The van der Waals surface area contributed by atoms with E-state index >= 15 is 0 Å². The number of rotatable bonds is 2. The van der Waals surface area contributed by atoms with E-state index in [4.69, 9.17) is 10.5 Å². The lowest BCUT2D eigenvalue weighted by Gasteiger charge is -2.42. The van der Waals surface area contributed by atoms with Crippen LogP contribution in [0.15, 0.2) is 0 Å². The molecule has 0 aromatic rings. The minimum atomic E-state index is -0.247.